The van der Waals surface area contributed by atoms with Gasteiger partial charge in [0.25, 0.3) is 5.91 Å². The van der Waals surface area contributed by atoms with E-state index in [0.29, 0.717) is 53.5 Å². The molecule has 0 saturated carbocycles. The molecule has 38 heavy (non-hydrogen) atoms. The van der Waals surface area contributed by atoms with Crippen molar-refractivity contribution in [3.8, 4) is 11.5 Å². The minimum absolute atomic E-state index is 0.193. The van der Waals surface area contributed by atoms with Gasteiger partial charge >= 0.3 is 0 Å². The molecule has 2 heterocycles. The number of allylic oxidation sites excluding steroid dienone is 1. The fraction of sp³-hybridized carbons (Fsp3) is 0.207. The van der Waals surface area contributed by atoms with Gasteiger partial charge in [0.2, 0.25) is 5.95 Å². The number of nitrogens with one attached hydrogen (secondary N) is 2. The third kappa shape index (κ3) is 5.35. The molecule has 1 amide bonds. The zero-order valence-corrected chi connectivity index (χ0v) is 21.9. The maximum Gasteiger partial charge on any atom is 0.251 e. The number of fused-ring (bicyclic) bond motifs is 1. The first-order valence-corrected chi connectivity index (χ1v) is 12.7. The fourth-order valence-electron chi connectivity index (χ4n) is 4.42. The SMILES string of the molecule is CCOc1cc([C@@H]2C(C(=O)NCc3ccccc3)=C(C)Nc3ncnn32)ccc1OCc1ccccc1Cl. The zero-order valence-electron chi connectivity index (χ0n) is 21.1. The molecule has 4 aromatic rings. The Balaban J connectivity index is 1.46. The van der Waals surface area contributed by atoms with Gasteiger partial charge in [0.05, 0.1) is 12.2 Å². The average molecular weight is 530 g/mol. The lowest BCUT2D eigenvalue weighted by molar-refractivity contribution is -0.118. The fourth-order valence-corrected chi connectivity index (χ4v) is 4.61. The van der Waals surface area contributed by atoms with Gasteiger partial charge in [-0.1, -0.05) is 66.2 Å². The van der Waals surface area contributed by atoms with Gasteiger partial charge in [-0.15, -0.1) is 0 Å². The van der Waals surface area contributed by atoms with E-state index in [0.717, 1.165) is 16.7 Å². The molecule has 0 spiro atoms. The van der Waals surface area contributed by atoms with Crippen LogP contribution in [0.2, 0.25) is 5.02 Å². The van der Waals surface area contributed by atoms with E-state index in [9.17, 15) is 4.79 Å². The van der Waals surface area contributed by atoms with E-state index in [2.05, 4.69) is 20.7 Å². The smallest absolute Gasteiger partial charge is 0.251 e. The van der Waals surface area contributed by atoms with Crippen LogP contribution in [0.1, 0.15) is 36.6 Å². The molecule has 5 rings (SSSR count). The molecule has 8 nitrogen and oxygen atoms in total. The Bertz CT molecular complexity index is 1470. The van der Waals surface area contributed by atoms with E-state index in [1.807, 2.05) is 86.6 Å². The summed E-state index contributed by atoms with van der Waals surface area (Å²) in [4.78, 5) is 17.9. The van der Waals surface area contributed by atoms with Crippen LogP contribution in [0.5, 0.6) is 11.5 Å². The van der Waals surface area contributed by atoms with Gasteiger partial charge in [0, 0.05) is 22.8 Å². The Kier molecular flexibility index (Phi) is 7.60. The van der Waals surface area contributed by atoms with Crippen LogP contribution in [0.4, 0.5) is 5.95 Å². The normalized spacial score (nSPS) is 14.4. The van der Waals surface area contributed by atoms with Crippen molar-refractivity contribution in [3.63, 3.8) is 0 Å². The minimum Gasteiger partial charge on any atom is -0.490 e. The highest BCUT2D eigenvalue weighted by Gasteiger charge is 2.34. The molecule has 2 N–H and O–H groups in total. The highest BCUT2D eigenvalue weighted by Crippen LogP contribution is 2.39. The summed E-state index contributed by atoms with van der Waals surface area (Å²) in [5.41, 5.74) is 3.96. The molecule has 9 heteroatoms. The van der Waals surface area contributed by atoms with E-state index in [4.69, 9.17) is 21.1 Å². The molecule has 3 aromatic carbocycles. The topological polar surface area (TPSA) is 90.3 Å². The molecule has 0 saturated heterocycles. The number of benzene rings is 3. The van der Waals surface area contributed by atoms with Gasteiger partial charge in [-0.05, 0) is 43.2 Å². The number of anilines is 1. The van der Waals surface area contributed by atoms with Crippen LogP contribution in [-0.4, -0.2) is 27.3 Å². The molecule has 1 aliphatic heterocycles. The highest BCUT2D eigenvalue weighted by atomic mass is 35.5. The molecule has 0 fully saturated rings. The summed E-state index contributed by atoms with van der Waals surface area (Å²) in [6.45, 7) is 4.94. The Morgan fingerprint density at radius 2 is 1.84 bits per heavy atom. The summed E-state index contributed by atoms with van der Waals surface area (Å²) in [5.74, 6) is 1.52. The van der Waals surface area contributed by atoms with Gasteiger partial charge in [0.1, 0.15) is 19.0 Å². The Hall–Kier alpha value is -4.30. The lowest BCUT2D eigenvalue weighted by Gasteiger charge is -2.29. The third-order valence-electron chi connectivity index (χ3n) is 6.26. The van der Waals surface area contributed by atoms with Crippen molar-refractivity contribution >= 4 is 23.5 Å². The zero-order chi connectivity index (χ0) is 26.5. The third-order valence-corrected chi connectivity index (χ3v) is 6.63. The van der Waals surface area contributed by atoms with Crippen LogP contribution in [0.25, 0.3) is 0 Å². The number of halogens is 1. The number of rotatable bonds is 9. The van der Waals surface area contributed by atoms with Crippen molar-refractivity contribution in [3.05, 3.63) is 112 Å². The standard InChI is InChI=1S/C29H28ClN5O3/c1-3-37-25-15-21(13-14-24(25)38-17-22-11-7-8-12-23(22)30)27-26(19(2)34-29-32-18-33-35(27)29)28(36)31-16-20-9-5-4-6-10-20/h4-15,18,27H,3,16-17H2,1-2H3,(H,31,36)(H,32,33,34)/t27-/m1/s1. The molecule has 0 radical (unpaired) electrons. The maximum atomic E-state index is 13.5. The van der Waals surface area contributed by atoms with Gasteiger partial charge in [-0.25, -0.2) is 4.68 Å². The predicted molar refractivity (Wildman–Crippen MR) is 146 cm³/mol. The summed E-state index contributed by atoms with van der Waals surface area (Å²) in [6, 6.07) is 22.5. The van der Waals surface area contributed by atoms with Crippen molar-refractivity contribution in [2.75, 3.05) is 11.9 Å². The van der Waals surface area contributed by atoms with E-state index in [1.165, 1.54) is 6.33 Å². The van der Waals surface area contributed by atoms with Crippen molar-refractivity contribution < 1.29 is 14.3 Å². The van der Waals surface area contributed by atoms with Crippen molar-refractivity contribution in [2.24, 2.45) is 0 Å². The number of hydrogen-bond acceptors (Lipinski definition) is 6. The summed E-state index contributed by atoms with van der Waals surface area (Å²) in [6.07, 6.45) is 1.47. The predicted octanol–water partition coefficient (Wildman–Crippen LogP) is 5.51. The largest absolute Gasteiger partial charge is 0.490 e. The number of aromatic nitrogens is 3. The molecule has 0 aliphatic carbocycles. The highest BCUT2D eigenvalue weighted by molar-refractivity contribution is 6.31. The van der Waals surface area contributed by atoms with Crippen LogP contribution in [0.3, 0.4) is 0 Å². The second-order valence-electron chi connectivity index (χ2n) is 8.78. The summed E-state index contributed by atoms with van der Waals surface area (Å²) < 4.78 is 13.7. The Labute approximate surface area is 226 Å². The number of ether oxygens (including phenoxy) is 2. The monoisotopic (exact) mass is 529 g/mol. The Morgan fingerprint density at radius 3 is 2.63 bits per heavy atom. The lowest BCUT2D eigenvalue weighted by atomic mass is 9.94. The number of nitrogens with zero attached hydrogens (tertiary/aromatic N) is 3. The first kappa shape index (κ1) is 25.4. The molecule has 1 atom stereocenters. The average Bonchev–Trinajstić information content (AvgIpc) is 3.40. The molecule has 0 unspecified atom stereocenters. The van der Waals surface area contributed by atoms with Gasteiger partial charge < -0.3 is 20.1 Å². The van der Waals surface area contributed by atoms with E-state index in [1.54, 1.807) is 4.68 Å². The Morgan fingerprint density at radius 1 is 1.05 bits per heavy atom. The minimum atomic E-state index is -0.513. The molecule has 194 valence electrons. The van der Waals surface area contributed by atoms with E-state index < -0.39 is 6.04 Å². The van der Waals surface area contributed by atoms with Crippen molar-refractivity contribution in [1.82, 2.24) is 20.1 Å². The summed E-state index contributed by atoms with van der Waals surface area (Å²) >= 11 is 6.30. The number of carbonyl (C=O) groups is 1. The molecular formula is C29H28ClN5O3. The second-order valence-corrected chi connectivity index (χ2v) is 9.19. The molecule has 0 bridgehead atoms. The quantitative estimate of drug-likeness (QED) is 0.297. The van der Waals surface area contributed by atoms with Gasteiger partial charge in [-0.3, -0.25) is 4.79 Å². The first-order chi connectivity index (χ1) is 18.5. The molecule has 1 aromatic heterocycles. The number of hydrogen-bond donors (Lipinski definition) is 2. The lowest BCUT2D eigenvalue weighted by Crippen LogP contribution is -2.34. The van der Waals surface area contributed by atoms with E-state index >= 15 is 0 Å². The number of amides is 1. The van der Waals surface area contributed by atoms with Crippen molar-refractivity contribution in [2.45, 2.75) is 33.0 Å². The number of carbonyl (C=O) groups excluding carboxylic acids is 1. The van der Waals surface area contributed by atoms with Gasteiger partial charge in [-0.2, -0.15) is 10.1 Å². The van der Waals surface area contributed by atoms with Crippen LogP contribution in [0, 0.1) is 0 Å². The van der Waals surface area contributed by atoms with Crippen LogP contribution >= 0.6 is 11.6 Å². The second kappa shape index (κ2) is 11.4. The molecular weight excluding hydrogens is 502 g/mol. The first-order valence-electron chi connectivity index (χ1n) is 12.4. The maximum absolute atomic E-state index is 13.5. The summed E-state index contributed by atoms with van der Waals surface area (Å²) in [5, 5.41) is 11.3. The molecule has 1 aliphatic rings. The van der Waals surface area contributed by atoms with Crippen LogP contribution in [-0.2, 0) is 17.9 Å². The van der Waals surface area contributed by atoms with Crippen LogP contribution < -0.4 is 20.1 Å². The van der Waals surface area contributed by atoms with E-state index in [-0.39, 0.29) is 5.91 Å². The van der Waals surface area contributed by atoms with Crippen molar-refractivity contribution in [1.29, 1.82) is 0 Å². The summed E-state index contributed by atoms with van der Waals surface area (Å²) in [7, 11) is 0. The van der Waals surface area contributed by atoms with Crippen LogP contribution in [0.15, 0.2) is 90.4 Å². The van der Waals surface area contributed by atoms with Gasteiger partial charge in [0.15, 0.2) is 11.5 Å².